The highest BCUT2D eigenvalue weighted by molar-refractivity contribution is 5.71. The van der Waals surface area contributed by atoms with Crippen LogP contribution in [-0.4, -0.2) is 37.2 Å². The van der Waals surface area contributed by atoms with E-state index in [1.54, 1.807) is 0 Å². The van der Waals surface area contributed by atoms with Gasteiger partial charge in [-0.15, -0.1) is 0 Å². The fourth-order valence-electron chi connectivity index (χ4n) is 6.36. The molecule has 0 aliphatic carbocycles. The summed E-state index contributed by atoms with van der Waals surface area (Å²) < 4.78 is 16.7. The van der Waals surface area contributed by atoms with Gasteiger partial charge in [0, 0.05) is 19.3 Å². The Morgan fingerprint density at radius 3 is 0.833 bits per heavy atom. The molecular weight excluding hydrogens is 889 g/mol. The zero-order chi connectivity index (χ0) is 52.2. The first-order chi connectivity index (χ1) is 35.5. The lowest BCUT2D eigenvalue weighted by Gasteiger charge is -2.18. The number of hydrogen-bond donors (Lipinski definition) is 0. The first kappa shape index (κ1) is 66.2. The highest BCUT2D eigenvalue weighted by atomic mass is 16.6. The molecule has 0 saturated carbocycles. The average molecular weight is 985 g/mol. The van der Waals surface area contributed by atoms with Crippen LogP contribution in [0.15, 0.2) is 194 Å². The summed E-state index contributed by atoms with van der Waals surface area (Å²) in [5, 5.41) is 0. The summed E-state index contributed by atoms with van der Waals surface area (Å²) in [6.45, 7) is 6.10. The Kier molecular flexibility index (Phi) is 53.2. The van der Waals surface area contributed by atoms with Crippen molar-refractivity contribution >= 4 is 17.9 Å². The molecule has 0 bridgehead atoms. The fourth-order valence-corrected chi connectivity index (χ4v) is 6.36. The predicted octanol–water partition coefficient (Wildman–Crippen LogP) is 18.7. The van der Waals surface area contributed by atoms with Gasteiger partial charge in [-0.2, -0.15) is 0 Å². The molecular formula is C66H96O6. The number of rotatable bonds is 46. The molecule has 0 N–H and O–H groups in total. The molecule has 0 fully saturated rings. The molecule has 72 heavy (non-hydrogen) atoms. The number of esters is 3. The van der Waals surface area contributed by atoms with Gasteiger partial charge in [0.25, 0.3) is 0 Å². The molecule has 0 aliphatic rings. The number of unbranched alkanes of at least 4 members (excludes halogenated alkanes) is 3. The van der Waals surface area contributed by atoms with Crippen molar-refractivity contribution in [2.75, 3.05) is 13.2 Å². The van der Waals surface area contributed by atoms with Crippen LogP contribution in [0.3, 0.4) is 0 Å². The number of carbonyl (C=O) groups is 3. The number of carbonyl (C=O) groups excluding carboxylic acids is 3. The molecule has 1 atom stereocenters. The molecule has 0 aliphatic heterocycles. The highest BCUT2D eigenvalue weighted by Gasteiger charge is 2.19. The van der Waals surface area contributed by atoms with E-state index in [1.165, 1.54) is 0 Å². The minimum atomic E-state index is -0.875. The molecule has 0 aromatic heterocycles. The van der Waals surface area contributed by atoms with Crippen LogP contribution in [0.25, 0.3) is 0 Å². The third kappa shape index (κ3) is 55.2. The van der Waals surface area contributed by atoms with Crippen molar-refractivity contribution in [3.05, 3.63) is 194 Å². The van der Waals surface area contributed by atoms with Crippen LogP contribution < -0.4 is 0 Å². The van der Waals surface area contributed by atoms with Gasteiger partial charge in [-0.1, -0.05) is 222 Å². The smallest absolute Gasteiger partial charge is 0.306 e. The van der Waals surface area contributed by atoms with E-state index in [0.717, 1.165) is 122 Å². The second-order valence-electron chi connectivity index (χ2n) is 17.0. The molecule has 0 saturated heterocycles. The van der Waals surface area contributed by atoms with Crippen molar-refractivity contribution in [1.82, 2.24) is 0 Å². The van der Waals surface area contributed by atoms with Gasteiger partial charge in [0.1, 0.15) is 13.2 Å². The summed E-state index contributed by atoms with van der Waals surface area (Å²) in [7, 11) is 0. The fraction of sp³-hybridized carbons (Fsp3) is 0.470. The number of hydrogen-bond acceptors (Lipinski definition) is 6. The first-order valence-electron chi connectivity index (χ1n) is 27.4. The van der Waals surface area contributed by atoms with Crippen molar-refractivity contribution in [2.24, 2.45) is 0 Å². The van der Waals surface area contributed by atoms with Crippen molar-refractivity contribution in [1.29, 1.82) is 0 Å². The van der Waals surface area contributed by atoms with Gasteiger partial charge in [-0.25, -0.2) is 0 Å². The minimum Gasteiger partial charge on any atom is -0.462 e. The van der Waals surface area contributed by atoms with Gasteiger partial charge >= 0.3 is 17.9 Å². The Labute approximate surface area is 439 Å². The molecule has 6 heteroatoms. The second-order valence-corrected chi connectivity index (χ2v) is 17.0. The summed E-state index contributed by atoms with van der Waals surface area (Å²) in [6, 6.07) is 0. The van der Waals surface area contributed by atoms with Crippen molar-refractivity contribution in [3.63, 3.8) is 0 Å². The van der Waals surface area contributed by atoms with Gasteiger partial charge in [0.2, 0.25) is 0 Å². The van der Waals surface area contributed by atoms with Crippen LogP contribution in [0.4, 0.5) is 0 Å². The van der Waals surface area contributed by atoms with Gasteiger partial charge in [0.15, 0.2) is 6.10 Å². The van der Waals surface area contributed by atoms with Crippen LogP contribution in [0.2, 0.25) is 0 Å². The third-order valence-corrected chi connectivity index (χ3v) is 10.4. The minimum absolute atomic E-state index is 0.160. The van der Waals surface area contributed by atoms with Crippen LogP contribution >= 0.6 is 0 Å². The largest absolute Gasteiger partial charge is 0.462 e. The van der Waals surface area contributed by atoms with E-state index in [4.69, 9.17) is 14.2 Å². The van der Waals surface area contributed by atoms with Gasteiger partial charge in [0.05, 0.1) is 0 Å². The number of allylic oxidation sites excluding steroid dienone is 32. The molecule has 0 aromatic rings. The Morgan fingerprint density at radius 2 is 0.528 bits per heavy atom. The lowest BCUT2D eigenvalue weighted by atomic mass is 10.1. The average Bonchev–Trinajstić information content (AvgIpc) is 3.38. The van der Waals surface area contributed by atoms with Gasteiger partial charge < -0.3 is 14.2 Å². The highest BCUT2D eigenvalue weighted by Crippen LogP contribution is 2.09. The summed E-state index contributed by atoms with van der Waals surface area (Å²) in [5.41, 5.74) is 0. The second kappa shape index (κ2) is 57.8. The monoisotopic (exact) mass is 985 g/mol. The molecule has 0 radical (unpaired) electrons. The first-order valence-corrected chi connectivity index (χ1v) is 27.4. The van der Waals surface area contributed by atoms with E-state index in [9.17, 15) is 14.4 Å². The van der Waals surface area contributed by atoms with Crippen LogP contribution in [0.5, 0.6) is 0 Å². The van der Waals surface area contributed by atoms with E-state index in [1.807, 2.05) is 24.3 Å². The van der Waals surface area contributed by atoms with E-state index in [0.29, 0.717) is 19.3 Å². The molecule has 0 heterocycles. The summed E-state index contributed by atoms with van der Waals surface area (Å²) in [4.78, 5) is 38.1. The molecule has 0 amide bonds. The lowest BCUT2D eigenvalue weighted by Crippen LogP contribution is -2.30. The molecule has 0 aromatic carbocycles. The van der Waals surface area contributed by atoms with E-state index in [2.05, 4.69) is 191 Å². The molecule has 396 valence electrons. The summed E-state index contributed by atoms with van der Waals surface area (Å²) in [6.07, 6.45) is 88.7. The summed E-state index contributed by atoms with van der Waals surface area (Å²) in [5.74, 6) is -1.18. The van der Waals surface area contributed by atoms with E-state index in [-0.39, 0.29) is 38.4 Å². The van der Waals surface area contributed by atoms with Crippen LogP contribution in [-0.2, 0) is 28.6 Å². The van der Waals surface area contributed by atoms with Crippen molar-refractivity contribution in [3.8, 4) is 0 Å². The Balaban J connectivity index is 4.72. The van der Waals surface area contributed by atoms with Gasteiger partial charge in [-0.3, -0.25) is 14.4 Å². The Bertz CT molecular complexity index is 1800. The molecule has 1 unspecified atom stereocenters. The van der Waals surface area contributed by atoms with Gasteiger partial charge in [-0.05, 0) is 135 Å². The quantitative estimate of drug-likeness (QED) is 0.0262. The SMILES string of the molecule is CC/C=C\C/C=C\C/C=C\C/C=C\C/C=C\C/C=C\CCC(=O)OCC(COC(=O)CCCCC/C=C\C/C=C\C/C=C\C/C=C\CC)OC(=O)CC/C=C\C/C=C\C/C=C\C/C=C\C/C=C\C/C=C\CC. The van der Waals surface area contributed by atoms with Crippen LogP contribution in [0, 0.1) is 0 Å². The zero-order valence-corrected chi connectivity index (χ0v) is 45.1. The molecule has 0 spiro atoms. The Hall–Kier alpha value is -5.75. The van der Waals surface area contributed by atoms with Crippen molar-refractivity contribution < 1.29 is 28.6 Å². The van der Waals surface area contributed by atoms with E-state index >= 15 is 0 Å². The third-order valence-electron chi connectivity index (χ3n) is 10.4. The normalized spacial score (nSPS) is 13.7. The molecule has 0 rings (SSSR count). The molecule has 6 nitrogen and oxygen atoms in total. The van der Waals surface area contributed by atoms with Crippen molar-refractivity contribution in [2.45, 2.75) is 187 Å². The maximum absolute atomic E-state index is 12.8. The Morgan fingerprint density at radius 1 is 0.278 bits per heavy atom. The zero-order valence-electron chi connectivity index (χ0n) is 45.1. The number of ether oxygens (including phenoxy) is 3. The topological polar surface area (TPSA) is 78.9 Å². The lowest BCUT2D eigenvalue weighted by molar-refractivity contribution is -0.166. The summed E-state index contributed by atoms with van der Waals surface area (Å²) >= 11 is 0. The maximum atomic E-state index is 12.8. The standard InChI is InChI=1S/C66H96O6/c1-4-7-10-13-16-19-22-25-28-31-33-35-38-41-44-47-50-53-56-59-65(68)71-62-63(61-70-64(67)58-55-52-49-46-43-40-37-30-27-24-21-18-15-12-9-6-3)72-66(69)60-57-54-51-48-45-42-39-36-34-32-29-26-23-20-17-14-11-8-5-2/h7-12,16-21,25-30,33-36,40-45,50-51,53-54,63H,4-6,13-15,22-24,31-32,37-39,46-49,52,55-62H2,1-3H3/b10-7-,11-8-,12-9-,19-16-,20-17-,21-18-,28-25-,29-26-,30-27-,35-33-,36-34-,43-40-,44-41-,45-42-,53-50-,54-51-. The van der Waals surface area contributed by atoms with E-state index < -0.39 is 18.0 Å². The predicted molar refractivity (Wildman–Crippen MR) is 310 cm³/mol. The maximum Gasteiger partial charge on any atom is 0.306 e. The van der Waals surface area contributed by atoms with Crippen LogP contribution in [0.1, 0.15) is 181 Å².